The minimum Gasteiger partial charge on any atom is -0.492 e. The van der Waals surface area contributed by atoms with Crippen LogP contribution in [0.4, 0.5) is 0 Å². The van der Waals surface area contributed by atoms with Gasteiger partial charge in [0.25, 0.3) is 0 Å². The Morgan fingerprint density at radius 1 is 1.53 bits per heavy atom. The zero-order chi connectivity index (χ0) is 13.7. The second-order valence-electron chi connectivity index (χ2n) is 5.58. The standard InChI is InChI=1S/C15H24N2O2/c1-12(2)17-7-5-13(9-17)14(10-18)11-19-15-4-3-6-16-8-15/h3-4,6,8,12-14,18H,5,7,9-11H2,1-2H3. The molecule has 4 nitrogen and oxygen atoms in total. The van der Waals surface area contributed by atoms with Gasteiger partial charge in [0.05, 0.1) is 12.8 Å². The Bertz CT molecular complexity index is 370. The maximum Gasteiger partial charge on any atom is 0.137 e. The molecule has 0 aromatic carbocycles. The molecule has 1 N–H and O–H groups in total. The van der Waals surface area contributed by atoms with Gasteiger partial charge in [0, 0.05) is 31.3 Å². The summed E-state index contributed by atoms with van der Waals surface area (Å²) in [4.78, 5) is 6.50. The Balaban J connectivity index is 1.84. The van der Waals surface area contributed by atoms with Gasteiger partial charge in [-0.1, -0.05) is 0 Å². The van der Waals surface area contributed by atoms with E-state index in [0.29, 0.717) is 18.6 Å². The quantitative estimate of drug-likeness (QED) is 0.851. The minimum absolute atomic E-state index is 0.191. The Labute approximate surface area is 115 Å². The highest BCUT2D eigenvalue weighted by Gasteiger charge is 2.30. The molecule has 2 rings (SSSR count). The van der Waals surface area contributed by atoms with Crippen LogP contribution in [0.25, 0.3) is 0 Å². The van der Waals surface area contributed by atoms with Crippen molar-refractivity contribution in [1.82, 2.24) is 9.88 Å². The lowest BCUT2D eigenvalue weighted by Gasteiger charge is -2.24. The molecular weight excluding hydrogens is 240 g/mol. The molecule has 1 saturated heterocycles. The monoisotopic (exact) mass is 264 g/mol. The van der Waals surface area contributed by atoms with Gasteiger partial charge in [-0.05, 0) is 44.9 Å². The lowest BCUT2D eigenvalue weighted by atomic mass is 9.93. The van der Waals surface area contributed by atoms with Gasteiger partial charge in [-0.2, -0.15) is 0 Å². The van der Waals surface area contributed by atoms with Gasteiger partial charge in [0.1, 0.15) is 5.75 Å². The molecule has 0 saturated carbocycles. The molecule has 2 atom stereocenters. The van der Waals surface area contributed by atoms with Crippen LogP contribution in [-0.4, -0.2) is 47.3 Å². The van der Waals surface area contributed by atoms with Gasteiger partial charge in [-0.3, -0.25) is 4.98 Å². The minimum atomic E-state index is 0.191. The molecule has 106 valence electrons. The summed E-state index contributed by atoms with van der Waals surface area (Å²) in [6, 6.07) is 4.35. The second-order valence-corrected chi connectivity index (χ2v) is 5.58. The summed E-state index contributed by atoms with van der Waals surface area (Å²) in [5, 5.41) is 9.58. The first-order valence-electron chi connectivity index (χ1n) is 7.08. The van der Waals surface area contributed by atoms with Gasteiger partial charge in [0.2, 0.25) is 0 Å². The largest absolute Gasteiger partial charge is 0.492 e. The number of ether oxygens (including phenoxy) is 1. The number of hydrogen-bond donors (Lipinski definition) is 1. The van der Waals surface area contributed by atoms with Crippen molar-refractivity contribution in [2.24, 2.45) is 11.8 Å². The Hall–Kier alpha value is -1.13. The average Bonchev–Trinajstić information content (AvgIpc) is 2.90. The zero-order valence-corrected chi connectivity index (χ0v) is 11.8. The van der Waals surface area contributed by atoms with E-state index in [-0.39, 0.29) is 12.5 Å². The van der Waals surface area contributed by atoms with Gasteiger partial charge in [-0.15, -0.1) is 0 Å². The number of pyridine rings is 1. The fourth-order valence-corrected chi connectivity index (χ4v) is 2.64. The van der Waals surface area contributed by atoms with Crippen LogP contribution in [0.15, 0.2) is 24.5 Å². The summed E-state index contributed by atoms with van der Waals surface area (Å²) >= 11 is 0. The SMILES string of the molecule is CC(C)N1CCC(C(CO)COc2cccnc2)C1. The number of likely N-dealkylation sites (tertiary alicyclic amines) is 1. The molecule has 0 aliphatic carbocycles. The summed E-state index contributed by atoms with van der Waals surface area (Å²) in [6.07, 6.45) is 4.59. The van der Waals surface area contributed by atoms with Crippen molar-refractivity contribution in [2.75, 3.05) is 26.3 Å². The van der Waals surface area contributed by atoms with Gasteiger partial charge in [-0.25, -0.2) is 0 Å². The highest BCUT2D eigenvalue weighted by atomic mass is 16.5. The van der Waals surface area contributed by atoms with Crippen LogP contribution < -0.4 is 4.74 Å². The van der Waals surface area contributed by atoms with E-state index in [2.05, 4.69) is 23.7 Å². The third-order valence-electron chi connectivity index (χ3n) is 3.99. The lowest BCUT2D eigenvalue weighted by Crippen LogP contribution is -2.31. The van der Waals surface area contributed by atoms with Gasteiger partial charge < -0.3 is 14.7 Å². The van der Waals surface area contributed by atoms with Crippen LogP contribution in [-0.2, 0) is 0 Å². The summed E-state index contributed by atoms with van der Waals surface area (Å²) in [5.74, 6) is 1.52. The van der Waals surface area contributed by atoms with Crippen LogP contribution in [0, 0.1) is 11.8 Å². The first kappa shape index (κ1) is 14.3. The third-order valence-corrected chi connectivity index (χ3v) is 3.99. The van der Waals surface area contributed by atoms with Gasteiger partial charge >= 0.3 is 0 Å². The Morgan fingerprint density at radius 3 is 2.95 bits per heavy atom. The molecular formula is C15H24N2O2. The van der Waals surface area contributed by atoms with Crippen LogP contribution in [0.3, 0.4) is 0 Å². The van der Waals surface area contributed by atoms with E-state index in [4.69, 9.17) is 4.74 Å². The molecule has 2 unspecified atom stereocenters. The van der Waals surface area contributed by atoms with Crippen molar-refractivity contribution in [3.63, 3.8) is 0 Å². The van der Waals surface area contributed by atoms with Crippen LogP contribution in [0.5, 0.6) is 5.75 Å². The number of aliphatic hydroxyl groups is 1. The molecule has 0 amide bonds. The van der Waals surface area contributed by atoms with Crippen molar-refractivity contribution >= 4 is 0 Å². The number of aromatic nitrogens is 1. The molecule has 19 heavy (non-hydrogen) atoms. The van der Waals surface area contributed by atoms with E-state index >= 15 is 0 Å². The fraction of sp³-hybridized carbons (Fsp3) is 0.667. The third kappa shape index (κ3) is 3.91. The van der Waals surface area contributed by atoms with Crippen molar-refractivity contribution in [1.29, 1.82) is 0 Å². The van der Waals surface area contributed by atoms with Crippen molar-refractivity contribution in [2.45, 2.75) is 26.3 Å². The van der Waals surface area contributed by atoms with E-state index < -0.39 is 0 Å². The highest BCUT2D eigenvalue weighted by Crippen LogP contribution is 2.26. The van der Waals surface area contributed by atoms with E-state index in [0.717, 1.165) is 25.3 Å². The summed E-state index contributed by atoms with van der Waals surface area (Å²) < 4.78 is 5.73. The number of hydrogen-bond acceptors (Lipinski definition) is 4. The average molecular weight is 264 g/mol. The second kappa shape index (κ2) is 6.87. The summed E-state index contributed by atoms with van der Waals surface area (Å²) in [6.45, 7) is 7.41. The van der Waals surface area contributed by atoms with Crippen LogP contribution in [0.1, 0.15) is 20.3 Å². The first-order valence-corrected chi connectivity index (χ1v) is 7.08. The summed E-state index contributed by atoms with van der Waals surface area (Å²) in [7, 11) is 0. The van der Waals surface area contributed by atoms with Crippen LogP contribution in [0.2, 0.25) is 0 Å². The van der Waals surface area contributed by atoms with E-state index in [1.54, 1.807) is 12.4 Å². The maximum atomic E-state index is 9.58. The molecule has 4 heteroatoms. The fourth-order valence-electron chi connectivity index (χ4n) is 2.64. The molecule has 2 heterocycles. The van der Waals surface area contributed by atoms with E-state index in [1.165, 1.54) is 0 Å². The summed E-state index contributed by atoms with van der Waals surface area (Å²) in [5.41, 5.74) is 0. The predicted molar refractivity (Wildman–Crippen MR) is 75.1 cm³/mol. The molecule has 0 bridgehead atoms. The highest BCUT2D eigenvalue weighted by molar-refractivity contribution is 5.15. The molecule has 0 spiro atoms. The molecule has 0 radical (unpaired) electrons. The maximum absolute atomic E-state index is 9.58. The molecule has 1 aromatic rings. The molecule has 1 fully saturated rings. The molecule has 1 aliphatic heterocycles. The first-order chi connectivity index (χ1) is 9.20. The van der Waals surface area contributed by atoms with Crippen molar-refractivity contribution in [3.05, 3.63) is 24.5 Å². The number of nitrogens with zero attached hydrogens (tertiary/aromatic N) is 2. The van der Waals surface area contributed by atoms with Crippen LogP contribution >= 0.6 is 0 Å². The molecule has 1 aliphatic rings. The lowest BCUT2D eigenvalue weighted by molar-refractivity contribution is 0.116. The van der Waals surface area contributed by atoms with Crippen molar-refractivity contribution < 1.29 is 9.84 Å². The topological polar surface area (TPSA) is 45.6 Å². The molecule has 1 aromatic heterocycles. The Kier molecular flexibility index (Phi) is 5.16. The zero-order valence-electron chi connectivity index (χ0n) is 11.8. The number of rotatable bonds is 6. The van der Waals surface area contributed by atoms with E-state index in [1.807, 2.05) is 12.1 Å². The Morgan fingerprint density at radius 2 is 2.37 bits per heavy atom. The van der Waals surface area contributed by atoms with Gasteiger partial charge in [0.15, 0.2) is 0 Å². The van der Waals surface area contributed by atoms with E-state index in [9.17, 15) is 5.11 Å². The smallest absolute Gasteiger partial charge is 0.137 e. The normalized spacial score (nSPS) is 21.8. The number of aliphatic hydroxyl groups excluding tert-OH is 1. The van der Waals surface area contributed by atoms with Crippen molar-refractivity contribution in [3.8, 4) is 5.75 Å². The predicted octanol–water partition coefficient (Wildman–Crippen LogP) is 1.80.